The quantitative estimate of drug-likeness (QED) is 0.478. The van der Waals surface area contributed by atoms with Crippen LogP contribution >= 0.6 is 0 Å². The molecule has 0 aromatic carbocycles. The Balaban J connectivity index is 2.96. The fraction of sp³-hybridized carbons (Fsp3) is 0.412. The summed E-state index contributed by atoms with van der Waals surface area (Å²) in [5.74, 6) is -0.0794. The second-order valence-electron chi connectivity index (χ2n) is 5.05. The van der Waals surface area contributed by atoms with E-state index in [2.05, 4.69) is 28.7 Å². The van der Waals surface area contributed by atoms with Crippen LogP contribution < -0.4 is 5.32 Å². The summed E-state index contributed by atoms with van der Waals surface area (Å²) in [7, 11) is 1.50. The Bertz CT molecular complexity index is 483. The molecule has 4 heteroatoms. The van der Waals surface area contributed by atoms with E-state index in [0.29, 0.717) is 0 Å². The van der Waals surface area contributed by atoms with E-state index in [-0.39, 0.29) is 11.8 Å². The molecular weight excluding hydrogens is 264 g/mol. The van der Waals surface area contributed by atoms with Crippen molar-refractivity contribution in [1.82, 2.24) is 5.32 Å². The maximum Gasteiger partial charge on any atom is 0.226 e. The zero-order chi connectivity index (χ0) is 15.5. The molecule has 0 aromatic heterocycles. The van der Waals surface area contributed by atoms with Crippen LogP contribution in [0.25, 0.3) is 0 Å². The first kappa shape index (κ1) is 17.0. The minimum absolute atomic E-state index is 0.0203. The van der Waals surface area contributed by atoms with Gasteiger partial charge in [0.1, 0.15) is 7.11 Å². The zero-order valence-electron chi connectivity index (χ0n) is 13.0. The zero-order valence-corrected chi connectivity index (χ0v) is 13.0. The van der Waals surface area contributed by atoms with E-state index in [1.54, 1.807) is 12.4 Å². The smallest absolute Gasteiger partial charge is 0.226 e. The predicted octanol–water partition coefficient (Wildman–Crippen LogP) is 3.50. The highest BCUT2D eigenvalue weighted by molar-refractivity contribution is 5.86. The number of nitrogens with zero attached hydrogens (tertiary/aromatic N) is 1. The summed E-state index contributed by atoms with van der Waals surface area (Å²) in [6, 6.07) is 0. The number of allylic oxidation sites excluding steroid dienone is 7. The summed E-state index contributed by atoms with van der Waals surface area (Å²) in [4.78, 5) is 16.5. The van der Waals surface area contributed by atoms with Crippen LogP contribution in [0.5, 0.6) is 0 Å². The first-order valence-electron chi connectivity index (χ1n) is 7.23. The number of hydrogen-bond donors (Lipinski definition) is 1. The van der Waals surface area contributed by atoms with Gasteiger partial charge in [-0.05, 0) is 24.8 Å². The molecule has 0 saturated heterocycles. The number of rotatable bonds is 5. The monoisotopic (exact) mass is 288 g/mol. The van der Waals surface area contributed by atoms with Crippen LogP contribution in [0.2, 0.25) is 0 Å². The molecule has 0 unspecified atom stereocenters. The van der Waals surface area contributed by atoms with Crippen LogP contribution in [-0.2, 0) is 9.63 Å². The van der Waals surface area contributed by atoms with Gasteiger partial charge in [-0.15, -0.1) is 0 Å². The van der Waals surface area contributed by atoms with E-state index in [4.69, 9.17) is 4.84 Å². The lowest BCUT2D eigenvalue weighted by Gasteiger charge is -2.08. The topological polar surface area (TPSA) is 50.7 Å². The molecule has 0 fully saturated rings. The number of hydrogen-bond acceptors (Lipinski definition) is 3. The summed E-state index contributed by atoms with van der Waals surface area (Å²) in [5.41, 5.74) is 1.91. The summed E-state index contributed by atoms with van der Waals surface area (Å²) in [6.45, 7) is 3.72. The van der Waals surface area contributed by atoms with Gasteiger partial charge in [-0.3, -0.25) is 4.79 Å². The number of amides is 1. The molecule has 1 amide bonds. The summed E-state index contributed by atoms with van der Waals surface area (Å²) >= 11 is 0. The highest BCUT2D eigenvalue weighted by Gasteiger charge is 2.07. The number of carbonyl (C=O) groups excluding carboxylic acids is 1. The lowest BCUT2D eigenvalue weighted by molar-refractivity contribution is -0.123. The summed E-state index contributed by atoms with van der Waals surface area (Å²) in [6.07, 6.45) is 16.7. The van der Waals surface area contributed by atoms with Gasteiger partial charge in [0.25, 0.3) is 0 Å². The molecule has 1 aliphatic rings. The summed E-state index contributed by atoms with van der Waals surface area (Å²) < 4.78 is 0. The lowest BCUT2D eigenvalue weighted by atomic mass is 10.0. The van der Waals surface area contributed by atoms with Crippen LogP contribution in [0, 0.1) is 5.92 Å². The van der Waals surface area contributed by atoms with Gasteiger partial charge in [0.05, 0.1) is 6.21 Å². The van der Waals surface area contributed by atoms with Crippen LogP contribution in [-0.4, -0.2) is 19.2 Å². The number of carbonyl (C=O) groups is 1. The van der Waals surface area contributed by atoms with E-state index in [9.17, 15) is 4.79 Å². The fourth-order valence-electron chi connectivity index (χ4n) is 1.72. The SMILES string of the molecule is CO\N=C/C(=C/NC(=O)C(C)C)C1=C/C=C\CC/C=C\C\1. The third-order valence-electron chi connectivity index (χ3n) is 3.00. The normalized spacial score (nSPS) is 21.9. The number of nitrogens with one attached hydrogen (secondary N) is 1. The van der Waals surface area contributed by atoms with E-state index < -0.39 is 0 Å². The molecule has 0 spiro atoms. The van der Waals surface area contributed by atoms with E-state index in [1.807, 2.05) is 26.0 Å². The molecular formula is C17H24N2O2. The van der Waals surface area contributed by atoms with Crippen molar-refractivity contribution in [2.24, 2.45) is 11.1 Å². The van der Waals surface area contributed by atoms with Crippen LogP contribution in [0.1, 0.15) is 33.1 Å². The summed E-state index contributed by atoms with van der Waals surface area (Å²) in [5, 5.41) is 6.62. The van der Waals surface area contributed by atoms with E-state index in [1.165, 1.54) is 7.11 Å². The van der Waals surface area contributed by atoms with Crippen molar-refractivity contribution in [2.45, 2.75) is 33.1 Å². The minimum atomic E-state index is -0.0591. The van der Waals surface area contributed by atoms with E-state index >= 15 is 0 Å². The Morgan fingerprint density at radius 2 is 2.10 bits per heavy atom. The molecule has 1 aliphatic carbocycles. The van der Waals surface area contributed by atoms with Crippen LogP contribution in [0.15, 0.2) is 52.9 Å². The van der Waals surface area contributed by atoms with Crippen molar-refractivity contribution in [3.05, 3.63) is 47.7 Å². The van der Waals surface area contributed by atoms with Crippen LogP contribution in [0.4, 0.5) is 0 Å². The molecule has 4 nitrogen and oxygen atoms in total. The third kappa shape index (κ3) is 6.75. The first-order chi connectivity index (χ1) is 10.1. The van der Waals surface area contributed by atoms with Gasteiger partial charge < -0.3 is 10.2 Å². The van der Waals surface area contributed by atoms with Crippen molar-refractivity contribution >= 4 is 12.1 Å². The molecule has 0 bridgehead atoms. The molecule has 21 heavy (non-hydrogen) atoms. The van der Waals surface area contributed by atoms with Gasteiger partial charge in [0.15, 0.2) is 0 Å². The molecule has 114 valence electrons. The van der Waals surface area contributed by atoms with Gasteiger partial charge in [-0.2, -0.15) is 0 Å². The predicted molar refractivity (Wildman–Crippen MR) is 86.8 cm³/mol. The number of oxime groups is 1. The van der Waals surface area contributed by atoms with Gasteiger partial charge in [0.2, 0.25) is 5.91 Å². The molecule has 1 N–H and O–H groups in total. The minimum Gasteiger partial charge on any atom is -0.399 e. The standard InChI is InChI=1S/C17H24N2O2/c1-14(2)17(20)18-12-16(13-19-21-3)15-10-8-6-4-5-7-9-11-15/h6-10,12-14H,4-5,11H2,1-3H3,(H,18,20)/b8-6-,9-7-,15-10+,16-12-,19-13-. The lowest BCUT2D eigenvalue weighted by Crippen LogP contribution is -2.23. The molecule has 0 aromatic rings. The van der Waals surface area contributed by atoms with E-state index in [0.717, 1.165) is 30.4 Å². The van der Waals surface area contributed by atoms with Gasteiger partial charge in [0, 0.05) is 17.7 Å². The highest BCUT2D eigenvalue weighted by Crippen LogP contribution is 2.15. The molecule has 0 saturated carbocycles. The average Bonchev–Trinajstić information content (AvgIpc) is 2.60. The van der Waals surface area contributed by atoms with Crippen molar-refractivity contribution < 1.29 is 9.63 Å². The molecule has 0 radical (unpaired) electrons. The molecule has 0 heterocycles. The maximum absolute atomic E-state index is 11.7. The maximum atomic E-state index is 11.7. The molecule has 0 atom stereocenters. The van der Waals surface area contributed by atoms with Crippen molar-refractivity contribution in [1.29, 1.82) is 0 Å². The fourth-order valence-corrected chi connectivity index (χ4v) is 1.72. The van der Waals surface area contributed by atoms with Crippen molar-refractivity contribution in [2.75, 3.05) is 7.11 Å². The molecule has 0 aliphatic heterocycles. The Morgan fingerprint density at radius 3 is 2.81 bits per heavy atom. The van der Waals surface area contributed by atoms with Crippen LogP contribution in [0.3, 0.4) is 0 Å². The second-order valence-corrected chi connectivity index (χ2v) is 5.05. The Hall–Kier alpha value is -2.10. The first-order valence-corrected chi connectivity index (χ1v) is 7.23. The van der Waals surface area contributed by atoms with Gasteiger partial charge in [-0.25, -0.2) is 0 Å². The Kier molecular flexibility index (Phi) is 7.87. The van der Waals surface area contributed by atoms with Gasteiger partial charge >= 0.3 is 0 Å². The molecule has 1 rings (SSSR count). The van der Waals surface area contributed by atoms with Gasteiger partial charge in [-0.1, -0.05) is 49.4 Å². The second kappa shape index (κ2) is 9.75. The average molecular weight is 288 g/mol. The highest BCUT2D eigenvalue weighted by atomic mass is 16.6. The Labute approximate surface area is 126 Å². The van der Waals surface area contributed by atoms with Crippen molar-refractivity contribution in [3.8, 4) is 0 Å². The Morgan fingerprint density at radius 1 is 1.33 bits per heavy atom. The third-order valence-corrected chi connectivity index (χ3v) is 3.00. The largest absolute Gasteiger partial charge is 0.399 e. The van der Waals surface area contributed by atoms with Crippen molar-refractivity contribution in [3.63, 3.8) is 0 Å².